The number of sulfonamides is 1. The van der Waals surface area contributed by atoms with Crippen LogP contribution in [0.5, 0.6) is 5.75 Å². The molecule has 1 rings (SSSR count). The van der Waals surface area contributed by atoms with Gasteiger partial charge in [0.05, 0.1) is 29.5 Å². The number of halogens is 2. The Balaban J connectivity index is 0.00000729. The molecule has 0 radical (unpaired) electrons. The van der Waals surface area contributed by atoms with Crippen LogP contribution in [0, 0.1) is 20.8 Å². The molecule has 1 aromatic rings. The summed E-state index contributed by atoms with van der Waals surface area (Å²) >= 11 is 5.47. The van der Waals surface area contributed by atoms with E-state index in [-0.39, 0.29) is 34.8 Å². The van der Waals surface area contributed by atoms with E-state index in [1.54, 1.807) is 20.8 Å². The Morgan fingerprint density at radius 1 is 1.21 bits per heavy atom. The minimum Gasteiger partial charge on any atom is -0.496 e. The average Bonchev–Trinajstić information content (AvgIpc) is 2.59. The van der Waals surface area contributed by atoms with E-state index in [1.165, 1.54) is 7.11 Å². The molecule has 1 aromatic carbocycles. The number of nitrogens with two attached hydrogens (primary N) is 3. The van der Waals surface area contributed by atoms with Crippen LogP contribution in [0.15, 0.2) is 9.89 Å². The summed E-state index contributed by atoms with van der Waals surface area (Å²) < 4.78 is 29.5. The number of methoxy groups -OCH3 is 1. The van der Waals surface area contributed by atoms with Gasteiger partial charge < -0.3 is 16.2 Å². The number of ketones is 1. The fourth-order valence-electron chi connectivity index (χ4n) is 2.93. The quantitative estimate of drug-likeness (QED) is 0.221. The molecule has 0 aliphatic carbocycles. The van der Waals surface area contributed by atoms with Crippen molar-refractivity contribution in [3.05, 3.63) is 22.3 Å². The first-order chi connectivity index (χ1) is 12.5. The number of aliphatic imine (C=N–C) groups is 1. The van der Waals surface area contributed by atoms with Crippen molar-refractivity contribution in [2.24, 2.45) is 21.6 Å². The lowest BCUT2D eigenvalue weighted by atomic mass is 9.98. The van der Waals surface area contributed by atoms with Gasteiger partial charge in [-0.25, -0.2) is 13.6 Å². The maximum atomic E-state index is 12.0. The second kappa shape index (κ2) is 11.0. The Morgan fingerprint density at radius 2 is 1.79 bits per heavy atom. The predicted molar refractivity (Wildman–Crippen MR) is 114 cm³/mol. The second-order valence-corrected chi connectivity index (χ2v) is 8.04. The molecule has 1 unspecified atom stereocenters. The Bertz CT molecular complexity index is 857. The van der Waals surface area contributed by atoms with Crippen molar-refractivity contribution in [2.75, 3.05) is 19.5 Å². The number of carbonyl (C=O) groups is 1. The Labute approximate surface area is 177 Å². The third-order valence-electron chi connectivity index (χ3n) is 4.43. The molecule has 0 heterocycles. The van der Waals surface area contributed by atoms with Gasteiger partial charge in [-0.05, 0) is 50.3 Å². The van der Waals surface area contributed by atoms with Crippen LogP contribution in [0.4, 0.5) is 0 Å². The molecule has 0 bridgehead atoms. The number of alkyl halides is 1. The number of benzene rings is 1. The summed E-state index contributed by atoms with van der Waals surface area (Å²) in [7, 11) is -2.47. The number of hydrogen-bond donors (Lipinski definition) is 3. The Kier molecular flexibility index (Phi) is 10.4. The van der Waals surface area contributed by atoms with Crippen molar-refractivity contribution in [1.82, 2.24) is 0 Å². The molecule has 0 aliphatic rings. The van der Waals surface area contributed by atoms with E-state index in [0.717, 1.165) is 0 Å². The van der Waals surface area contributed by atoms with Gasteiger partial charge in [0, 0.05) is 6.54 Å². The highest BCUT2D eigenvalue weighted by atomic mass is 35.5. The topological polar surface area (TPSA) is 151 Å². The van der Waals surface area contributed by atoms with Gasteiger partial charge in [-0.2, -0.15) is 0 Å². The Morgan fingerprint density at radius 3 is 2.25 bits per heavy atom. The number of Topliss-reactive ketones (excluding diaryl/α,β-unsaturated/α-hetero) is 1. The van der Waals surface area contributed by atoms with Crippen molar-refractivity contribution >= 4 is 45.7 Å². The lowest BCUT2D eigenvalue weighted by molar-refractivity contribution is -0.118. The minimum atomic E-state index is -3.95. The van der Waals surface area contributed by atoms with Crippen molar-refractivity contribution in [1.29, 1.82) is 0 Å². The molecule has 0 amide bonds. The predicted octanol–water partition coefficient (Wildman–Crippen LogP) is 1.31. The van der Waals surface area contributed by atoms with Crippen molar-refractivity contribution in [3.8, 4) is 5.75 Å². The number of ether oxygens (including phenoxy) is 1. The van der Waals surface area contributed by atoms with Crippen LogP contribution in [-0.4, -0.2) is 45.6 Å². The monoisotopic (exact) mass is 454 g/mol. The van der Waals surface area contributed by atoms with E-state index < -0.39 is 16.1 Å². The maximum absolute atomic E-state index is 12.0. The third kappa shape index (κ3) is 6.05. The van der Waals surface area contributed by atoms with Gasteiger partial charge in [0.2, 0.25) is 10.0 Å². The second-order valence-electron chi connectivity index (χ2n) is 6.27. The van der Waals surface area contributed by atoms with Crippen LogP contribution in [-0.2, 0) is 14.8 Å². The van der Waals surface area contributed by atoms with Crippen LogP contribution in [0.3, 0.4) is 0 Å². The zero-order valence-electron chi connectivity index (χ0n) is 16.4. The van der Waals surface area contributed by atoms with Crippen LogP contribution in [0.2, 0.25) is 0 Å². The van der Waals surface area contributed by atoms with E-state index in [2.05, 4.69) is 4.99 Å². The highest BCUT2D eigenvalue weighted by molar-refractivity contribution is 7.89. The van der Waals surface area contributed by atoms with Gasteiger partial charge in [0.1, 0.15) is 11.6 Å². The lowest BCUT2D eigenvalue weighted by Crippen LogP contribution is -2.31. The standard InChI is InChI=1S/C17H27ClN4O4S.ClH/c1-9-10(2)16(27(21,24)25)11(3)14(15(9)26-4)17(20)22-7-5-6-12(19)13(23)8-18;/h12H,5-8,19H2,1-4H3,(H2,20,22)(H2,21,24,25);1H. The van der Waals surface area contributed by atoms with Gasteiger partial charge in [-0.3, -0.25) is 9.79 Å². The van der Waals surface area contributed by atoms with E-state index in [4.69, 9.17) is 32.9 Å². The molecule has 0 saturated heterocycles. The van der Waals surface area contributed by atoms with Crippen molar-refractivity contribution in [3.63, 3.8) is 0 Å². The lowest BCUT2D eigenvalue weighted by Gasteiger charge is -2.20. The minimum absolute atomic E-state index is 0. The number of rotatable bonds is 9. The summed E-state index contributed by atoms with van der Waals surface area (Å²) in [4.78, 5) is 15.7. The van der Waals surface area contributed by atoms with E-state index in [9.17, 15) is 13.2 Å². The zero-order valence-corrected chi connectivity index (χ0v) is 18.8. The molecular formula is C17H28Cl2N4O4S. The molecule has 11 heteroatoms. The molecule has 8 nitrogen and oxygen atoms in total. The smallest absolute Gasteiger partial charge is 0.238 e. The van der Waals surface area contributed by atoms with E-state index in [1.807, 2.05) is 0 Å². The van der Waals surface area contributed by atoms with Crippen LogP contribution in [0.1, 0.15) is 35.1 Å². The molecule has 28 heavy (non-hydrogen) atoms. The molecule has 0 saturated carbocycles. The third-order valence-corrected chi connectivity index (χ3v) is 5.88. The fraction of sp³-hybridized carbons (Fsp3) is 0.529. The summed E-state index contributed by atoms with van der Waals surface area (Å²) in [5.74, 6) is 0.238. The molecule has 6 N–H and O–H groups in total. The molecule has 0 spiro atoms. The maximum Gasteiger partial charge on any atom is 0.238 e. The number of nitrogens with zero attached hydrogens (tertiary/aromatic N) is 1. The first-order valence-corrected chi connectivity index (χ1v) is 10.4. The van der Waals surface area contributed by atoms with Crippen LogP contribution >= 0.6 is 24.0 Å². The summed E-state index contributed by atoms with van der Waals surface area (Å²) in [5, 5.41) is 5.38. The van der Waals surface area contributed by atoms with Crippen LogP contribution < -0.4 is 21.3 Å². The molecule has 0 fully saturated rings. The van der Waals surface area contributed by atoms with Gasteiger partial charge in [0.25, 0.3) is 0 Å². The normalized spacial score (nSPS) is 13.0. The van der Waals surface area contributed by atoms with Crippen LogP contribution in [0.25, 0.3) is 0 Å². The molecule has 0 aliphatic heterocycles. The highest BCUT2D eigenvalue weighted by Gasteiger charge is 2.25. The summed E-state index contributed by atoms with van der Waals surface area (Å²) in [6, 6.07) is -0.634. The van der Waals surface area contributed by atoms with Crippen molar-refractivity contribution in [2.45, 2.75) is 44.6 Å². The Hall–Kier alpha value is -1.39. The SMILES string of the molecule is COc1c(C)c(C)c(S(N)(=O)=O)c(C)c1C(N)=NCCCC(N)C(=O)CCl.Cl. The highest BCUT2D eigenvalue weighted by Crippen LogP contribution is 2.34. The fourth-order valence-corrected chi connectivity index (χ4v) is 4.24. The van der Waals surface area contributed by atoms with Gasteiger partial charge >= 0.3 is 0 Å². The number of primary sulfonamides is 1. The van der Waals surface area contributed by atoms with Crippen molar-refractivity contribution < 1.29 is 17.9 Å². The first-order valence-electron chi connectivity index (χ1n) is 8.32. The van der Waals surface area contributed by atoms with Gasteiger partial charge in [0.15, 0.2) is 5.78 Å². The molecular weight excluding hydrogens is 427 g/mol. The average molecular weight is 455 g/mol. The summed E-state index contributed by atoms with van der Waals surface area (Å²) in [6.45, 7) is 5.32. The van der Waals surface area contributed by atoms with Gasteiger partial charge in [-0.1, -0.05) is 0 Å². The van der Waals surface area contributed by atoms with E-state index >= 15 is 0 Å². The summed E-state index contributed by atoms with van der Waals surface area (Å²) in [5.41, 5.74) is 13.7. The number of hydrogen-bond acceptors (Lipinski definition) is 6. The summed E-state index contributed by atoms with van der Waals surface area (Å²) in [6.07, 6.45) is 0.951. The zero-order chi connectivity index (χ0) is 20.9. The van der Waals surface area contributed by atoms with Gasteiger partial charge in [-0.15, -0.1) is 24.0 Å². The largest absolute Gasteiger partial charge is 0.496 e. The van der Waals surface area contributed by atoms with E-state index in [0.29, 0.717) is 47.4 Å². The molecule has 0 aromatic heterocycles. The molecule has 160 valence electrons. The first kappa shape index (κ1) is 26.6. The number of amidine groups is 1. The molecule has 1 atom stereocenters. The number of carbonyl (C=O) groups excluding carboxylic acids is 1.